The van der Waals surface area contributed by atoms with Gasteiger partial charge in [0.2, 0.25) is 0 Å². The Morgan fingerprint density at radius 3 is 2.37 bits per heavy atom. The van der Waals surface area contributed by atoms with Crippen LogP contribution in [0.1, 0.15) is 24.0 Å². The van der Waals surface area contributed by atoms with Crippen molar-refractivity contribution in [3.05, 3.63) is 28.3 Å². The number of carbonyl (C=O) groups is 1. The number of carbonyl (C=O) groups excluding carboxylic acids is 1. The molecule has 1 aromatic carbocycles. The molecular weight excluding hydrogens is 262 g/mol. The van der Waals surface area contributed by atoms with E-state index in [9.17, 15) is 4.79 Å². The zero-order valence-electron chi connectivity index (χ0n) is 11.5. The molecule has 0 saturated carbocycles. The number of Topliss-reactive ketones (excluding diaryl/α,β-unsaturated/α-hetero) is 1. The minimum Gasteiger partial charge on any atom is -0.492 e. The summed E-state index contributed by atoms with van der Waals surface area (Å²) >= 11 is 6.12. The van der Waals surface area contributed by atoms with Gasteiger partial charge < -0.3 is 4.74 Å². The number of ketones is 1. The van der Waals surface area contributed by atoms with Crippen LogP contribution in [0.25, 0.3) is 0 Å². The van der Waals surface area contributed by atoms with Crippen LogP contribution in [-0.2, 0) is 4.79 Å². The number of halogens is 1. The van der Waals surface area contributed by atoms with E-state index in [4.69, 9.17) is 16.3 Å². The van der Waals surface area contributed by atoms with Crippen molar-refractivity contribution < 1.29 is 9.53 Å². The van der Waals surface area contributed by atoms with E-state index in [1.807, 2.05) is 26.0 Å². The number of hydrogen-bond donors (Lipinski definition) is 0. The van der Waals surface area contributed by atoms with Gasteiger partial charge in [-0.1, -0.05) is 11.6 Å². The molecule has 0 radical (unpaired) electrons. The van der Waals surface area contributed by atoms with Gasteiger partial charge in [-0.25, -0.2) is 0 Å². The lowest BCUT2D eigenvalue weighted by Gasteiger charge is -2.25. The molecule has 0 N–H and O–H groups in total. The molecular formula is C15H20ClNO2. The third kappa shape index (κ3) is 3.95. The molecule has 0 amide bonds. The number of nitrogens with zero attached hydrogens (tertiary/aromatic N) is 1. The Morgan fingerprint density at radius 2 is 1.79 bits per heavy atom. The van der Waals surface area contributed by atoms with E-state index in [1.54, 1.807) is 0 Å². The number of aryl methyl sites for hydroxylation is 2. The van der Waals surface area contributed by atoms with Crippen molar-refractivity contribution >= 4 is 17.4 Å². The number of ether oxygens (including phenoxy) is 1. The molecule has 0 aromatic heterocycles. The molecule has 1 saturated heterocycles. The summed E-state index contributed by atoms with van der Waals surface area (Å²) in [5, 5.41) is 0.807. The number of likely N-dealkylation sites (tertiary alicyclic amines) is 1. The van der Waals surface area contributed by atoms with Gasteiger partial charge in [0.05, 0.1) is 0 Å². The first-order chi connectivity index (χ1) is 9.06. The molecule has 0 bridgehead atoms. The van der Waals surface area contributed by atoms with Crippen LogP contribution < -0.4 is 4.74 Å². The topological polar surface area (TPSA) is 29.5 Å². The van der Waals surface area contributed by atoms with Crippen LogP contribution in [0.2, 0.25) is 5.02 Å². The minimum absolute atomic E-state index is 0.376. The van der Waals surface area contributed by atoms with Crippen LogP contribution in [0.4, 0.5) is 0 Å². The molecule has 104 valence electrons. The molecule has 0 aliphatic carbocycles. The monoisotopic (exact) mass is 281 g/mol. The lowest BCUT2D eigenvalue weighted by molar-refractivity contribution is -0.121. The molecule has 1 aliphatic heterocycles. The highest BCUT2D eigenvalue weighted by molar-refractivity contribution is 6.32. The van der Waals surface area contributed by atoms with Crippen molar-refractivity contribution in [2.24, 2.45) is 0 Å². The first kappa shape index (κ1) is 14.4. The van der Waals surface area contributed by atoms with Crippen LogP contribution in [0.15, 0.2) is 12.1 Å². The second-order valence-electron chi connectivity index (χ2n) is 5.10. The quantitative estimate of drug-likeness (QED) is 0.850. The maximum absolute atomic E-state index is 11.1. The summed E-state index contributed by atoms with van der Waals surface area (Å²) < 4.78 is 5.77. The predicted molar refractivity (Wildman–Crippen MR) is 77.1 cm³/mol. The van der Waals surface area contributed by atoms with E-state index in [2.05, 4.69) is 4.90 Å². The van der Waals surface area contributed by atoms with Crippen LogP contribution in [0, 0.1) is 13.8 Å². The maximum Gasteiger partial charge on any atom is 0.135 e. The zero-order valence-corrected chi connectivity index (χ0v) is 12.3. The van der Waals surface area contributed by atoms with E-state index < -0.39 is 0 Å². The molecule has 19 heavy (non-hydrogen) atoms. The molecule has 1 fully saturated rings. The normalized spacial score (nSPS) is 16.7. The number of hydrogen-bond acceptors (Lipinski definition) is 3. The summed E-state index contributed by atoms with van der Waals surface area (Å²) in [6, 6.07) is 3.93. The highest BCUT2D eigenvalue weighted by atomic mass is 35.5. The standard InChI is InChI=1S/C15H20ClNO2/c1-11-9-14(10-12(2)15(11)16)19-8-7-17-5-3-13(18)4-6-17/h9-10H,3-8H2,1-2H3. The molecule has 4 heteroatoms. The SMILES string of the molecule is Cc1cc(OCCN2CCC(=O)CC2)cc(C)c1Cl. The lowest BCUT2D eigenvalue weighted by Crippen LogP contribution is -2.36. The van der Waals surface area contributed by atoms with E-state index in [0.717, 1.165) is 41.5 Å². The molecule has 1 heterocycles. The van der Waals surface area contributed by atoms with Crippen molar-refractivity contribution in [2.45, 2.75) is 26.7 Å². The van der Waals surface area contributed by atoms with E-state index in [1.165, 1.54) is 0 Å². The Morgan fingerprint density at radius 1 is 1.21 bits per heavy atom. The van der Waals surface area contributed by atoms with Crippen LogP contribution in [-0.4, -0.2) is 36.9 Å². The molecule has 1 aliphatic rings. The van der Waals surface area contributed by atoms with Crippen LogP contribution in [0.5, 0.6) is 5.75 Å². The average Bonchev–Trinajstić information content (AvgIpc) is 2.38. The molecule has 0 unspecified atom stereocenters. The third-order valence-corrected chi connectivity index (χ3v) is 4.10. The fourth-order valence-electron chi connectivity index (χ4n) is 2.31. The van der Waals surface area contributed by atoms with Crippen LogP contribution in [0.3, 0.4) is 0 Å². The minimum atomic E-state index is 0.376. The summed E-state index contributed by atoms with van der Waals surface area (Å²) in [5.74, 6) is 1.24. The van der Waals surface area contributed by atoms with Crippen LogP contribution >= 0.6 is 11.6 Å². The fourth-order valence-corrected chi connectivity index (χ4v) is 2.42. The van der Waals surface area contributed by atoms with Crippen molar-refractivity contribution in [1.29, 1.82) is 0 Å². The predicted octanol–water partition coefficient (Wildman–Crippen LogP) is 3.00. The van der Waals surface area contributed by atoms with Gasteiger partial charge in [0.25, 0.3) is 0 Å². The van der Waals surface area contributed by atoms with E-state index >= 15 is 0 Å². The van der Waals surface area contributed by atoms with E-state index in [-0.39, 0.29) is 0 Å². The Balaban J connectivity index is 1.81. The fraction of sp³-hybridized carbons (Fsp3) is 0.533. The number of benzene rings is 1. The Kier molecular flexibility index (Phi) is 4.83. The lowest BCUT2D eigenvalue weighted by atomic mass is 10.1. The van der Waals surface area contributed by atoms with Crippen molar-refractivity contribution in [2.75, 3.05) is 26.2 Å². The van der Waals surface area contributed by atoms with Gasteiger partial charge in [-0.3, -0.25) is 9.69 Å². The Labute approximate surface area is 119 Å². The first-order valence-electron chi connectivity index (χ1n) is 6.70. The Hall–Kier alpha value is -1.06. The second-order valence-corrected chi connectivity index (χ2v) is 5.48. The second kappa shape index (κ2) is 6.40. The summed E-state index contributed by atoms with van der Waals surface area (Å²) in [6.07, 6.45) is 1.36. The van der Waals surface area contributed by atoms with Crippen molar-refractivity contribution in [1.82, 2.24) is 4.90 Å². The van der Waals surface area contributed by atoms with Crippen molar-refractivity contribution in [3.8, 4) is 5.75 Å². The highest BCUT2D eigenvalue weighted by Gasteiger charge is 2.15. The number of piperidine rings is 1. The largest absolute Gasteiger partial charge is 0.492 e. The zero-order chi connectivity index (χ0) is 13.8. The van der Waals surface area contributed by atoms with Gasteiger partial charge in [0.1, 0.15) is 18.1 Å². The smallest absolute Gasteiger partial charge is 0.135 e. The Bertz CT molecular complexity index is 440. The van der Waals surface area contributed by atoms with Gasteiger partial charge in [0.15, 0.2) is 0 Å². The first-order valence-corrected chi connectivity index (χ1v) is 7.07. The summed E-state index contributed by atoms with van der Waals surface area (Å²) in [6.45, 7) is 7.21. The van der Waals surface area contributed by atoms with Gasteiger partial charge in [-0.2, -0.15) is 0 Å². The molecule has 3 nitrogen and oxygen atoms in total. The molecule has 0 spiro atoms. The summed E-state index contributed by atoms with van der Waals surface area (Å²) in [7, 11) is 0. The maximum atomic E-state index is 11.1. The summed E-state index contributed by atoms with van der Waals surface area (Å²) in [4.78, 5) is 13.4. The third-order valence-electron chi connectivity index (χ3n) is 3.50. The van der Waals surface area contributed by atoms with Gasteiger partial charge in [-0.15, -0.1) is 0 Å². The molecule has 0 atom stereocenters. The molecule has 1 aromatic rings. The molecule has 2 rings (SSSR count). The van der Waals surface area contributed by atoms with E-state index in [0.29, 0.717) is 25.2 Å². The average molecular weight is 282 g/mol. The van der Waals surface area contributed by atoms with Gasteiger partial charge >= 0.3 is 0 Å². The highest BCUT2D eigenvalue weighted by Crippen LogP contribution is 2.25. The number of rotatable bonds is 4. The van der Waals surface area contributed by atoms with Gasteiger partial charge in [-0.05, 0) is 37.1 Å². The van der Waals surface area contributed by atoms with Crippen molar-refractivity contribution in [3.63, 3.8) is 0 Å². The summed E-state index contributed by atoms with van der Waals surface area (Å²) in [5.41, 5.74) is 2.08. The van der Waals surface area contributed by atoms with Gasteiger partial charge in [0, 0.05) is 37.5 Å².